The summed E-state index contributed by atoms with van der Waals surface area (Å²) in [6.07, 6.45) is 0.508. The van der Waals surface area contributed by atoms with Crippen molar-refractivity contribution >= 4 is 23.5 Å². The summed E-state index contributed by atoms with van der Waals surface area (Å²) in [5, 5.41) is 13.0. The first-order valence-corrected chi connectivity index (χ1v) is 9.14. The van der Waals surface area contributed by atoms with Crippen molar-refractivity contribution in [2.24, 2.45) is 5.92 Å². The lowest BCUT2D eigenvalue weighted by Gasteiger charge is -2.30. The number of hydrogen-bond acceptors (Lipinski definition) is 3. The first kappa shape index (κ1) is 19.2. The second-order valence-corrected chi connectivity index (χ2v) is 7.56. The Bertz CT molecular complexity index is 869. The summed E-state index contributed by atoms with van der Waals surface area (Å²) in [6, 6.07) is 14.6. The number of carboxylic acid groups (broad SMARTS) is 1. The number of halogens is 1. The van der Waals surface area contributed by atoms with Gasteiger partial charge >= 0.3 is 5.97 Å². The van der Waals surface area contributed by atoms with Crippen LogP contribution in [0.5, 0.6) is 5.75 Å². The van der Waals surface area contributed by atoms with Crippen LogP contribution in [0.3, 0.4) is 0 Å². The van der Waals surface area contributed by atoms with Gasteiger partial charge in [-0.15, -0.1) is 0 Å². The molecule has 1 saturated carbocycles. The topological polar surface area (TPSA) is 75.6 Å². The minimum Gasteiger partial charge on any atom is -0.497 e. The van der Waals surface area contributed by atoms with Gasteiger partial charge in [-0.1, -0.05) is 35.9 Å². The van der Waals surface area contributed by atoms with Crippen molar-refractivity contribution in [1.82, 2.24) is 5.32 Å². The number of carbonyl (C=O) groups is 2. The molecule has 2 aromatic rings. The smallest absolute Gasteiger partial charge is 0.306 e. The average Bonchev–Trinajstić information content (AvgIpc) is 3.42. The third-order valence-electron chi connectivity index (χ3n) is 5.01. The second-order valence-electron chi connectivity index (χ2n) is 7.13. The Hall–Kier alpha value is -2.53. The molecular weight excluding hydrogens is 366 g/mol. The minimum absolute atomic E-state index is 0.114. The number of benzene rings is 2. The Balaban J connectivity index is 1.78. The molecule has 27 heavy (non-hydrogen) atoms. The summed E-state index contributed by atoms with van der Waals surface area (Å²) >= 11 is 6.04. The number of nitrogens with one attached hydrogen (secondary N) is 1. The highest BCUT2D eigenvalue weighted by Gasteiger charge is 2.46. The van der Waals surface area contributed by atoms with Crippen LogP contribution in [0, 0.1) is 5.92 Å². The van der Waals surface area contributed by atoms with E-state index in [2.05, 4.69) is 5.32 Å². The minimum atomic E-state index is -1.03. The molecule has 0 bridgehead atoms. The molecule has 0 heterocycles. The summed E-state index contributed by atoms with van der Waals surface area (Å²) in [5.41, 5.74) is 0.695. The zero-order valence-electron chi connectivity index (χ0n) is 15.2. The largest absolute Gasteiger partial charge is 0.497 e. The van der Waals surface area contributed by atoms with Crippen LogP contribution in [0.4, 0.5) is 0 Å². The van der Waals surface area contributed by atoms with E-state index in [9.17, 15) is 14.7 Å². The van der Waals surface area contributed by atoms with Crippen LogP contribution in [-0.2, 0) is 15.1 Å². The van der Waals surface area contributed by atoms with Crippen molar-refractivity contribution in [3.63, 3.8) is 0 Å². The van der Waals surface area contributed by atoms with Gasteiger partial charge in [0.05, 0.1) is 19.1 Å². The number of rotatable bonds is 7. The Morgan fingerprint density at radius 2 is 2.00 bits per heavy atom. The van der Waals surface area contributed by atoms with Crippen LogP contribution < -0.4 is 10.1 Å². The summed E-state index contributed by atoms with van der Waals surface area (Å²) in [7, 11) is 1.55. The number of amides is 1. The number of aliphatic carboxylic acids is 1. The van der Waals surface area contributed by atoms with Gasteiger partial charge in [0, 0.05) is 10.9 Å². The van der Waals surface area contributed by atoms with Crippen LogP contribution in [0.2, 0.25) is 5.02 Å². The number of ether oxygens (including phenoxy) is 1. The molecule has 1 amide bonds. The number of hydrogen-bond donors (Lipinski definition) is 2. The van der Waals surface area contributed by atoms with Crippen LogP contribution in [0.15, 0.2) is 48.5 Å². The van der Waals surface area contributed by atoms with E-state index in [0.29, 0.717) is 16.3 Å². The molecule has 2 N–H and O–H groups in total. The van der Waals surface area contributed by atoms with E-state index >= 15 is 0 Å². The van der Waals surface area contributed by atoms with Crippen molar-refractivity contribution in [1.29, 1.82) is 0 Å². The summed E-state index contributed by atoms with van der Waals surface area (Å²) in [6.45, 7) is 1.73. The van der Waals surface area contributed by atoms with Gasteiger partial charge in [-0.2, -0.15) is 0 Å². The van der Waals surface area contributed by atoms with Gasteiger partial charge in [0.15, 0.2) is 0 Å². The van der Waals surface area contributed by atoms with E-state index in [1.54, 1.807) is 44.4 Å². The fourth-order valence-electron chi connectivity index (χ4n) is 3.44. The predicted octanol–water partition coefficient (Wildman–Crippen LogP) is 3.96. The standard InChI is InChI=1S/C21H22ClNO4/c1-21(12-19(24)25,14-6-4-8-16(10-14)27-2)23-20(26)18-11-17(18)13-5-3-7-15(22)9-13/h3-10,17-18H,11-12H2,1-2H3,(H,23,26)(H,24,25). The van der Waals surface area contributed by atoms with Gasteiger partial charge in [0.25, 0.3) is 0 Å². The monoisotopic (exact) mass is 387 g/mol. The zero-order chi connectivity index (χ0) is 19.6. The lowest BCUT2D eigenvalue weighted by molar-refractivity contribution is -0.139. The molecule has 142 valence electrons. The highest BCUT2D eigenvalue weighted by atomic mass is 35.5. The molecule has 1 aliphatic carbocycles. The van der Waals surface area contributed by atoms with E-state index in [1.807, 2.05) is 18.2 Å². The quantitative estimate of drug-likeness (QED) is 0.754. The van der Waals surface area contributed by atoms with Crippen molar-refractivity contribution in [3.8, 4) is 5.75 Å². The molecule has 3 atom stereocenters. The summed E-state index contributed by atoms with van der Waals surface area (Å²) < 4.78 is 5.23. The van der Waals surface area contributed by atoms with E-state index in [0.717, 1.165) is 12.0 Å². The zero-order valence-corrected chi connectivity index (χ0v) is 16.0. The molecule has 0 aromatic heterocycles. The van der Waals surface area contributed by atoms with Crippen LogP contribution >= 0.6 is 11.6 Å². The molecule has 0 radical (unpaired) electrons. The van der Waals surface area contributed by atoms with Gasteiger partial charge in [-0.05, 0) is 54.7 Å². The average molecular weight is 388 g/mol. The lowest BCUT2D eigenvalue weighted by atomic mass is 9.88. The van der Waals surface area contributed by atoms with Crippen LogP contribution in [0.1, 0.15) is 36.8 Å². The van der Waals surface area contributed by atoms with Gasteiger partial charge in [-0.25, -0.2) is 0 Å². The fraction of sp³-hybridized carbons (Fsp3) is 0.333. The van der Waals surface area contributed by atoms with Gasteiger partial charge in [0.2, 0.25) is 5.91 Å². The Kier molecular flexibility index (Phi) is 5.42. The highest BCUT2D eigenvalue weighted by molar-refractivity contribution is 6.30. The maximum absolute atomic E-state index is 12.8. The normalized spacial score (nSPS) is 20.4. The molecule has 2 aromatic carbocycles. The Morgan fingerprint density at radius 3 is 2.67 bits per heavy atom. The van der Waals surface area contributed by atoms with Crippen molar-refractivity contribution in [3.05, 3.63) is 64.7 Å². The third-order valence-corrected chi connectivity index (χ3v) is 5.25. The molecule has 3 rings (SSSR count). The summed E-state index contributed by atoms with van der Waals surface area (Å²) in [5.74, 6) is -0.582. The van der Waals surface area contributed by atoms with E-state index in [1.165, 1.54) is 0 Å². The van der Waals surface area contributed by atoms with E-state index in [4.69, 9.17) is 16.3 Å². The molecular formula is C21H22ClNO4. The molecule has 0 spiro atoms. The first-order valence-electron chi connectivity index (χ1n) is 8.76. The highest BCUT2D eigenvalue weighted by Crippen LogP contribution is 2.48. The fourth-order valence-corrected chi connectivity index (χ4v) is 3.64. The van der Waals surface area contributed by atoms with Gasteiger partial charge in [0.1, 0.15) is 5.75 Å². The molecule has 6 heteroatoms. The van der Waals surface area contributed by atoms with Crippen molar-refractivity contribution in [2.45, 2.75) is 31.2 Å². The Labute approximate surface area is 163 Å². The number of carbonyl (C=O) groups excluding carboxylic acids is 1. The Morgan fingerprint density at radius 1 is 1.26 bits per heavy atom. The lowest BCUT2D eigenvalue weighted by Crippen LogP contribution is -2.45. The van der Waals surface area contributed by atoms with Gasteiger partial charge < -0.3 is 15.2 Å². The number of methoxy groups -OCH3 is 1. The van der Waals surface area contributed by atoms with Crippen molar-refractivity contribution < 1.29 is 19.4 Å². The van der Waals surface area contributed by atoms with E-state index in [-0.39, 0.29) is 24.2 Å². The maximum atomic E-state index is 12.8. The summed E-state index contributed by atoms with van der Waals surface area (Å²) in [4.78, 5) is 24.3. The number of carboxylic acids is 1. The first-order chi connectivity index (χ1) is 12.8. The van der Waals surface area contributed by atoms with Gasteiger partial charge in [-0.3, -0.25) is 9.59 Å². The third kappa shape index (κ3) is 4.42. The maximum Gasteiger partial charge on any atom is 0.306 e. The van der Waals surface area contributed by atoms with Crippen LogP contribution in [0.25, 0.3) is 0 Å². The van der Waals surface area contributed by atoms with Crippen LogP contribution in [-0.4, -0.2) is 24.1 Å². The second kappa shape index (κ2) is 7.61. The molecule has 3 unspecified atom stereocenters. The van der Waals surface area contributed by atoms with Crippen molar-refractivity contribution in [2.75, 3.05) is 7.11 Å². The van der Waals surface area contributed by atoms with E-state index < -0.39 is 11.5 Å². The SMILES string of the molecule is COc1cccc(C(C)(CC(=O)O)NC(=O)C2CC2c2cccc(Cl)c2)c1. The predicted molar refractivity (Wildman–Crippen MR) is 103 cm³/mol. The molecule has 1 fully saturated rings. The molecule has 0 aliphatic heterocycles. The molecule has 0 saturated heterocycles. The molecule has 5 nitrogen and oxygen atoms in total. The molecule has 1 aliphatic rings.